The highest BCUT2D eigenvalue weighted by Gasteiger charge is 2.31. The third kappa shape index (κ3) is 5.34. The molecule has 2 aliphatic heterocycles. The lowest BCUT2D eigenvalue weighted by molar-refractivity contribution is -0.274. The Morgan fingerprint density at radius 2 is 1.83 bits per heavy atom. The molecule has 11 heteroatoms. The molecular formula is C24H27F3N6O2. The molecule has 1 N–H and O–H groups in total. The van der Waals surface area contributed by atoms with E-state index in [0.29, 0.717) is 55.1 Å². The Bertz CT molecular complexity index is 1150. The maximum atomic E-state index is 12.8. The van der Waals surface area contributed by atoms with Gasteiger partial charge in [0.25, 0.3) is 0 Å². The minimum absolute atomic E-state index is 0.272. The second kappa shape index (κ2) is 9.73. The first-order valence-corrected chi connectivity index (χ1v) is 11.7. The molecule has 3 aromatic rings. The summed E-state index contributed by atoms with van der Waals surface area (Å²) in [6.07, 6.45) is 0.469. The third-order valence-corrected chi connectivity index (χ3v) is 6.48. The van der Waals surface area contributed by atoms with Crippen LogP contribution in [-0.4, -0.2) is 65.7 Å². The Balaban J connectivity index is 1.46. The van der Waals surface area contributed by atoms with Crippen LogP contribution < -0.4 is 14.5 Å². The molecule has 0 amide bonds. The van der Waals surface area contributed by atoms with Gasteiger partial charge in [-0.2, -0.15) is 4.98 Å². The van der Waals surface area contributed by atoms with Gasteiger partial charge in [0.05, 0.1) is 25.2 Å². The molecule has 2 aromatic heterocycles. The van der Waals surface area contributed by atoms with Gasteiger partial charge < -0.3 is 24.3 Å². The second-order valence-corrected chi connectivity index (χ2v) is 8.76. The van der Waals surface area contributed by atoms with Crippen LogP contribution in [0, 0.1) is 6.92 Å². The van der Waals surface area contributed by atoms with Crippen LogP contribution in [0.4, 0.5) is 24.9 Å². The first-order valence-electron chi connectivity index (χ1n) is 11.7. The number of benzene rings is 1. The summed E-state index contributed by atoms with van der Waals surface area (Å²) in [5.74, 6) is 1.39. The van der Waals surface area contributed by atoms with E-state index in [1.54, 1.807) is 24.7 Å². The number of morpholine rings is 1. The van der Waals surface area contributed by atoms with Crippen LogP contribution in [-0.2, 0) is 4.74 Å². The molecule has 35 heavy (non-hydrogen) atoms. The van der Waals surface area contributed by atoms with Crippen molar-refractivity contribution < 1.29 is 22.6 Å². The Kier molecular flexibility index (Phi) is 6.50. The number of aromatic amines is 1. The molecule has 0 spiro atoms. The zero-order valence-corrected chi connectivity index (χ0v) is 19.4. The minimum atomic E-state index is -4.76. The number of nitrogens with one attached hydrogen (secondary N) is 1. The first kappa shape index (κ1) is 23.4. The van der Waals surface area contributed by atoms with Crippen LogP contribution >= 0.6 is 0 Å². The average Bonchev–Trinajstić information content (AvgIpc) is 3.29. The summed E-state index contributed by atoms with van der Waals surface area (Å²) in [6, 6.07) is 5.96. The van der Waals surface area contributed by atoms with Gasteiger partial charge in [-0.15, -0.1) is 13.2 Å². The Hall–Kier alpha value is -3.34. The molecule has 0 radical (unpaired) electrons. The lowest BCUT2D eigenvalue weighted by Gasteiger charge is -2.34. The minimum Gasteiger partial charge on any atom is -0.406 e. The molecule has 2 fully saturated rings. The SMILES string of the molecule is Cc1[nH]cnc1C1CCN(c2nc(N3CCOCC3)ncc2-c2cccc(OC(F)(F)F)c2)CC1. The predicted molar refractivity (Wildman–Crippen MR) is 125 cm³/mol. The van der Waals surface area contributed by atoms with Gasteiger partial charge in [-0.3, -0.25) is 0 Å². The molecule has 2 saturated heterocycles. The smallest absolute Gasteiger partial charge is 0.406 e. The van der Waals surface area contributed by atoms with Gasteiger partial charge in [0.2, 0.25) is 5.95 Å². The van der Waals surface area contributed by atoms with Crippen LogP contribution in [0.15, 0.2) is 36.8 Å². The van der Waals surface area contributed by atoms with Gasteiger partial charge in [0.15, 0.2) is 0 Å². The molecule has 5 rings (SSSR count). The van der Waals surface area contributed by atoms with Crippen molar-refractivity contribution in [2.45, 2.75) is 32.0 Å². The van der Waals surface area contributed by atoms with Gasteiger partial charge in [-0.25, -0.2) is 9.97 Å². The van der Waals surface area contributed by atoms with Crippen molar-refractivity contribution in [3.63, 3.8) is 0 Å². The van der Waals surface area contributed by atoms with E-state index >= 15 is 0 Å². The number of imidazole rings is 1. The molecule has 186 valence electrons. The highest BCUT2D eigenvalue weighted by atomic mass is 19.4. The van der Waals surface area contributed by atoms with Crippen molar-refractivity contribution >= 4 is 11.8 Å². The number of ether oxygens (including phenoxy) is 2. The van der Waals surface area contributed by atoms with Crippen LogP contribution in [0.3, 0.4) is 0 Å². The Morgan fingerprint density at radius 3 is 2.51 bits per heavy atom. The number of hydrogen-bond acceptors (Lipinski definition) is 7. The molecule has 2 aliphatic rings. The van der Waals surface area contributed by atoms with E-state index in [2.05, 4.69) is 29.5 Å². The average molecular weight is 489 g/mol. The monoisotopic (exact) mass is 488 g/mol. The number of nitrogens with zero attached hydrogens (tertiary/aromatic N) is 5. The number of rotatable bonds is 5. The van der Waals surface area contributed by atoms with Crippen molar-refractivity contribution in [2.75, 3.05) is 49.2 Å². The van der Waals surface area contributed by atoms with Crippen LogP contribution in [0.2, 0.25) is 0 Å². The fourth-order valence-electron chi connectivity index (χ4n) is 4.73. The van der Waals surface area contributed by atoms with Crippen molar-refractivity contribution in [1.82, 2.24) is 19.9 Å². The van der Waals surface area contributed by atoms with Gasteiger partial charge in [0, 0.05) is 49.6 Å². The van der Waals surface area contributed by atoms with Crippen molar-refractivity contribution in [3.8, 4) is 16.9 Å². The molecule has 0 atom stereocenters. The number of piperidine rings is 1. The fourth-order valence-corrected chi connectivity index (χ4v) is 4.73. The third-order valence-electron chi connectivity index (χ3n) is 6.48. The maximum Gasteiger partial charge on any atom is 0.573 e. The number of halogens is 3. The van der Waals surface area contributed by atoms with Crippen molar-refractivity contribution in [2.24, 2.45) is 0 Å². The Labute approximate surface area is 201 Å². The number of hydrogen-bond donors (Lipinski definition) is 1. The molecule has 0 aliphatic carbocycles. The van der Waals surface area contributed by atoms with Crippen LogP contribution in [0.1, 0.15) is 30.1 Å². The molecule has 8 nitrogen and oxygen atoms in total. The van der Waals surface area contributed by atoms with E-state index in [0.717, 1.165) is 37.3 Å². The summed E-state index contributed by atoms with van der Waals surface area (Å²) in [4.78, 5) is 21.4. The highest BCUT2D eigenvalue weighted by molar-refractivity contribution is 5.77. The standard InChI is InChI=1S/C24H27F3N6O2/c1-16-21(30-15-29-16)17-5-7-32(8-6-17)22-20(14-28-23(31-22)33-9-11-34-12-10-33)18-3-2-4-19(13-18)35-24(25,26)27/h2-4,13-15,17H,5-12H2,1H3,(H,29,30). The van der Waals surface area contributed by atoms with Gasteiger partial charge in [0.1, 0.15) is 11.6 Å². The van der Waals surface area contributed by atoms with Gasteiger partial charge in [-0.1, -0.05) is 12.1 Å². The van der Waals surface area contributed by atoms with Crippen LogP contribution in [0.25, 0.3) is 11.1 Å². The van der Waals surface area contributed by atoms with Gasteiger partial charge >= 0.3 is 6.36 Å². The highest BCUT2D eigenvalue weighted by Crippen LogP contribution is 2.37. The molecule has 0 saturated carbocycles. The molecule has 1 aromatic carbocycles. The summed E-state index contributed by atoms with van der Waals surface area (Å²) in [5.41, 5.74) is 3.42. The summed E-state index contributed by atoms with van der Waals surface area (Å²) in [7, 11) is 0. The van der Waals surface area contributed by atoms with Crippen molar-refractivity contribution in [1.29, 1.82) is 0 Å². The zero-order valence-electron chi connectivity index (χ0n) is 19.4. The van der Waals surface area contributed by atoms with E-state index in [-0.39, 0.29) is 5.75 Å². The fraction of sp³-hybridized carbons (Fsp3) is 0.458. The lowest BCUT2D eigenvalue weighted by Crippen LogP contribution is -2.38. The van der Waals surface area contributed by atoms with E-state index in [9.17, 15) is 13.2 Å². The topological polar surface area (TPSA) is 79.4 Å². The van der Waals surface area contributed by atoms with E-state index in [1.807, 2.05) is 6.92 Å². The summed E-state index contributed by atoms with van der Waals surface area (Å²) < 4.78 is 48.0. The number of aromatic nitrogens is 4. The number of alkyl halides is 3. The summed E-state index contributed by atoms with van der Waals surface area (Å²) in [6.45, 7) is 6.12. The largest absolute Gasteiger partial charge is 0.573 e. The van der Waals surface area contributed by atoms with E-state index in [4.69, 9.17) is 9.72 Å². The number of aryl methyl sites for hydroxylation is 1. The Morgan fingerprint density at radius 1 is 1.06 bits per heavy atom. The molecular weight excluding hydrogens is 461 g/mol. The van der Waals surface area contributed by atoms with E-state index < -0.39 is 6.36 Å². The molecule has 4 heterocycles. The van der Waals surface area contributed by atoms with Gasteiger partial charge in [-0.05, 0) is 37.5 Å². The molecule has 0 unspecified atom stereocenters. The van der Waals surface area contributed by atoms with Crippen LogP contribution in [0.5, 0.6) is 5.75 Å². The number of H-pyrrole nitrogens is 1. The summed E-state index contributed by atoms with van der Waals surface area (Å²) >= 11 is 0. The predicted octanol–water partition coefficient (Wildman–Crippen LogP) is 4.29. The summed E-state index contributed by atoms with van der Waals surface area (Å²) in [5, 5.41) is 0. The first-order chi connectivity index (χ1) is 16.9. The maximum absolute atomic E-state index is 12.8. The molecule has 0 bridgehead atoms. The second-order valence-electron chi connectivity index (χ2n) is 8.76. The quantitative estimate of drug-likeness (QED) is 0.574. The zero-order chi connectivity index (χ0) is 24.4. The lowest BCUT2D eigenvalue weighted by atomic mass is 9.92. The number of anilines is 2. The normalized spacial score (nSPS) is 17.6. The van der Waals surface area contributed by atoms with E-state index in [1.165, 1.54) is 12.1 Å². The van der Waals surface area contributed by atoms with Crippen molar-refractivity contribution in [3.05, 3.63) is 48.2 Å².